The number of carbonyl (C=O) groups is 1. The Balaban J connectivity index is 2.03. The van der Waals surface area contributed by atoms with E-state index in [2.05, 4.69) is 15.8 Å². The van der Waals surface area contributed by atoms with Gasteiger partial charge in [-0.25, -0.2) is 9.78 Å². The largest absolute Gasteiger partial charge is 0.464 e. The van der Waals surface area contributed by atoms with Gasteiger partial charge >= 0.3 is 5.97 Å². The summed E-state index contributed by atoms with van der Waals surface area (Å²) in [4.78, 5) is 15.7. The van der Waals surface area contributed by atoms with Crippen LogP contribution in [0.1, 0.15) is 40.5 Å². The summed E-state index contributed by atoms with van der Waals surface area (Å²) in [6, 6.07) is 3.71. The van der Waals surface area contributed by atoms with E-state index in [1.54, 1.807) is 6.07 Å². The van der Waals surface area contributed by atoms with Crippen molar-refractivity contribution in [1.29, 1.82) is 0 Å². The lowest BCUT2D eigenvalue weighted by molar-refractivity contribution is 0.0593. The zero-order valence-electron chi connectivity index (χ0n) is 8.49. The van der Waals surface area contributed by atoms with Crippen LogP contribution in [0.4, 0.5) is 0 Å². The van der Waals surface area contributed by atoms with E-state index in [1.165, 1.54) is 18.2 Å². The van der Waals surface area contributed by atoms with Crippen LogP contribution in [0.25, 0.3) is 5.57 Å². The normalized spacial score (nSPS) is 21.1. The van der Waals surface area contributed by atoms with Crippen LogP contribution in [0, 0.1) is 0 Å². The molecule has 2 aliphatic rings. The van der Waals surface area contributed by atoms with Crippen LogP contribution in [-0.2, 0) is 4.74 Å². The van der Waals surface area contributed by atoms with E-state index >= 15 is 0 Å². The third-order valence-corrected chi connectivity index (χ3v) is 3.16. The fourth-order valence-electron chi connectivity index (χ4n) is 2.41. The molecule has 0 spiro atoms. The summed E-state index contributed by atoms with van der Waals surface area (Å²) in [5.41, 5.74) is 4.11. The van der Waals surface area contributed by atoms with Crippen molar-refractivity contribution in [2.75, 3.05) is 7.11 Å². The molecule has 1 aromatic heterocycles. The van der Waals surface area contributed by atoms with Crippen LogP contribution >= 0.6 is 0 Å². The number of hydrogen-bond donors (Lipinski definition) is 0. The molecule has 0 bridgehead atoms. The molecule has 0 fully saturated rings. The number of rotatable bonds is 1. The first-order valence-corrected chi connectivity index (χ1v) is 5.11. The molecule has 1 unspecified atom stereocenters. The number of fused-ring (bicyclic) bond motifs is 4. The lowest BCUT2D eigenvalue weighted by Crippen LogP contribution is -2.18. The van der Waals surface area contributed by atoms with Crippen LogP contribution in [0.15, 0.2) is 18.2 Å². The van der Waals surface area contributed by atoms with Crippen molar-refractivity contribution in [2.45, 2.75) is 18.8 Å². The molecule has 3 heteroatoms. The summed E-state index contributed by atoms with van der Waals surface area (Å²) < 4.78 is 4.65. The van der Waals surface area contributed by atoms with Crippen molar-refractivity contribution in [3.8, 4) is 0 Å². The minimum Gasteiger partial charge on any atom is -0.464 e. The van der Waals surface area contributed by atoms with Gasteiger partial charge in [-0.15, -0.1) is 0 Å². The smallest absolute Gasteiger partial charge is 0.356 e. The number of carbonyl (C=O) groups excluding carboxylic acids is 1. The molecular formula is C12H11NO2. The average Bonchev–Trinajstić information content (AvgIpc) is 2.68. The summed E-state index contributed by atoms with van der Waals surface area (Å²) in [6.07, 6.45) is 4.54. The van der Waals surface area contributed by atoms with Gasteiger partial charge in [0.25, 0.3) is 0 Å². The number of methoxy groups -OCH3 is 1. The van der Waals surface area contributed by atoms with Crippen molar-refractivity contribution in [3.63, 3.8) is 0 Å². The van der Waals surface area contributed by atoms with Gasteiger partial charge in [-0.2, -0.15) is 0 Å². The van der Waals surface area contributed by atoms with Crippen molar-refractivity contribution in [2.24, 2.45) is 0 Å². The number of pyridine rings is 1. The van der Waals surface area contributed by atoms with Gasteiger partial charge in [-0.05, 0) is 24.5 Å². The topological polar surface area (TPSA) is 39.2 Å². The molecule has 3 nitrogen and oxygen atoms in total. The zero-order chi connectivity index (χ0) is 10.4. The van der Waals surface area contributed by atoms with E-state index in [4.69, 9.17) is 0 Å². The number of allylic oxidation sites excluding steroid dienone is 2. The Kier molecular flexibility index (Phi) is 1.69. The minimum absolute atomic E-state index is 0.353. The monoisotopic (exact) mass is 201 g/mol. The standard InChI is InChI=1S/C12H11NO2/c1-15-12(14)10-6-5-9-7-3-2-4-8(7)11(9)13-10/h3,5-6,8H,2,4H2,1H3. The van der Waals surface area contributed by atoms with Gasteiger partial charge in [0.1, 0.15) is 5.69 Å². The molecule has 2 aliphatic carbocycles. The third-order valence-electron chi connectivity index (χ3n) is 3.16. The Morgan fingerprint density at radius 2 is 2.40 bits per heavy atom. The molecule has 1 aromatic rings. The van der Waals surface area contributed by atoms with E-state index < -0.39 is 0 Å². The van der Waals surface area contributed by atoms with Crippen molar-refractivity contribution >= 4 is 11.5 Å². The lowest BCUT2D eigenvalue weighted by atomic mass is 9.78. The minimum atomic E-state index is -0.353. The molecule has 0 amide bonds. The second-order valence-corrected chi connectivity index (χ2v) is 3.91. The van der Waals surface area contributed by atoms with Crippen LogP contribution in [0.2, 0.25) is 0 Å². The first-order chi connectivity index (χ1) is 7.31. The fraction of sp³-hybridized carbons (Fsp3) is 0.333. The van der Waals surface area contributed by atoms with Crippen LogP contribution in [0.5, 0.6) is 0 Å². The Hall–Kier alpha value is -1.64. The van der Waals surface area contributed by atoms with Crippen molar-refractivity contribution in [3.05, 3.63) is 35.2 Å². The molecule has 0 saturated heterocycles. The summed E-state index contributed by atoms with van der Waals surface area (Å²) in [5, 5.41) is 0. The summed E-state index contributed by atoms with van der Waals surface area (Å²) in [7, 11) is 1.38. The van der Waals surface area contributed by atoms with Gasteiger partial charge in [0, 0.05) is 11.5 Å². The average molecular weight is 201 g/mol. The quantitative estimate of drug-likeness (QED) is 0.653. The van der Waals surface area contributed by atoms with Gasteiger partial charge in [-0.3, -0.25) is 0 Å². The van der Waals surface area contributed by atoms with Gasteiger partial charge < -0.3 is 4.74 Å². The number of nitrogens with zero attached hydrogens (tertiary/aromatic N) is 1. The molecule has 76 valence electrons. The molecule has 1 heterocycles. The van der Waals surface area contributed by atoms with Gasteiger partial charge in [-0.1, -0.05) is 12.1 Å². The number of aromatic nitrogens is 1. The Morgan fingerprint density at radius 3 is 3.20 bits per heavy atom. The summed E-state index contributed by atoms with van der Waals surface area (Å²) in [5.74, 6) is 0.123. The first kappa shape index (κ1) is 8.65. The SMILES string of the molecule is COC(=O)c1ccc2c(n1)C1CCC=C21. The maximum atomic E-state index is 11.3. The summed E-state index contributed by atoms with van der Waals surface area (Å²) in [6.45, 7) is 0. The van der Waals surface area contributed by atoms with Gasteiger partial charge in [0.2, 0.25) is 0 Å². The molecule has 0 aliphatic heterocycles. The van der Waals surface area contributed by atoms with Crippen molar-refractivity contribution in [1.82, 2.24) is 4.98 Å². The Labute approximate surface area is 87.8 Å². The molecule has 1 atom stereocenters. The second kappa shape index (κ2) is 2.92. The highest BCUT2D eigenvalue weighted by molar-refractivity contribution is 5.90. The number of hydrogen-bond acceptors (Lipinski definition) is 3. The maximum Gasteiger partial charge on any atom is 0.356 e. The predicted octanol–water partition coefficient (Wildman–Crippen LogP) is 2.14. The van der Waals surface area contributed by atoms with Crippen LogP contribution in [0.3, 0.4) is 0 Å². The van der Waals surface area contributed by atoms with E-state index in [0.29, 0.717) is 11.6 Å². The molecule has 0 radical (unpaired) electrons. The second-order valence-electron chi connectivity index (χ2n) is 3.91. The van der Waals surface area contributed by atoms with Gasteiger partial charge in [0.15, 0.2) is 0 Å². The molecule has 3 rings (SSSR count). The predicted molar refractivity (Wildman–Crippen MR) is 55.5 cm³/mol. The van der Waals surface area contributed by atoms with Crippen molar-refractivity contribution < 1.29 is 9.53 Å². The Bertz CT molecular complexity index is 477. The highest BCUT2D eigenvalue weighted by atomic mass is 16.5. The lowest BCUT2D eigenvalue weighted by Gasteiger charge is -2.28. The fourth-order valence-corrected chi connectivity index (χ4v) is 2.41. The molecule has 0 saturated carbocycles. The Morgan fingerprint density at radius 1 is 1.53 bits per heavy atom. The van der Waals surface area contributed by atoms with Crippen LogP contribution in [-0.4, -0.2) is 18.1 Å². The maximum absolute atomic E-state index is 11.3. The van der Waals surface area contributed by atoms with Crippen LogP contribution < -0.4 is 0 Å². The summed E-state index contributed by atoms with van der Waals surface area (Å²) >= 11 is 0. The van der Waals surface area contributed by atoms with E-state index in [0.717, 1.165) is 18.5 Å². The molecule has 15 heavy (non-hydrogen) atoms. The zero-order valence-corrected chi connectivity index (χ0v) is 8.49. The van der Waals surface area contributed by atoms with E-state index in [9.17, 15) is 4.79 Å². The van der Waals surface area contributed by atoms with E-state index in [-0.39, 0.29) is 5.97 Å². The molecule has 0 aromatic carbocycles. The molecule has 0 N–H and O–H groups in total. The first-order valence-electron chi connectivity index (χ1n) is 5.11. The number of ether oxygens (including phenoxy) is 1. The molecular weight excluding hydrogens is 190 g/mol. The highest BCUT2D eigenvalue weighted by Gasteiger charge is 2.36. The van der Waals surface area contributed by atoms with Gasteiger partial charge in [0.05, 0.1) is 12.8 Å². The number of esters is 1. The van der Waals surface area contributed by atoms with E-state index in [1.807, 2.05) is 6.07 Å². The third kappa shape index (κ3) is 1.06. The highest BCUT2D eigenvalue weighted by Crippen LogP contribution is 2.51.